The molecular formula is C22H18BrN3O3. The maximum atomic E-state index is 12.5. The number of carbonyl (C=O) groups is 3. The Morgan fingerprint density at radius 2 is 1.76 bits per heavy atom. The summed E-state index contributed by atoms with van der Waals surface area (Å²) in [7, 11) is 0. The lowest BCUT2D eigenvalue weighted by Gasteiger charge is -2.09. The van der Waals surface area contributed by atoms with Crippen LogP contribution in [0.5, 0.6) is 0 Å². The van der Waals surface area contributed by atoms with Crippen molar-refractivity contribution in [3.63, 3.8) is 0 Å². The Bertz CT molecular complexity index is 1190. The van der Waals surface area contributed by atoms with Crippen molar-refractivity contribution in [2.75, 3.05) is 5.32 Å². The van der Waals surface area contributed by atoms with E-state index in [4.69, 9.17) is 0 Å². The van der Waals surface area contributed by atoms with Crippen molar-refractivity contribution in [1.82, 2.24) is 10.3 Å². The van der Waals surface area contributed by atoms with Crippen molar-refractivity contribution < 1.29 is 14.4 Å². The second-order valence-corrected chi connectivity index (χ2v) is 7.65. The van der Waals surface area contributed by atoms with Crippen molar-refractivity contribution in [2.24, 2.45) is 0 Å². The van der Waals surface area contributed by atoms with Crippen molar-refractivity contribution in [3.8, 4) is 0 Å². The standard InChI is InChI=1S/C22H18BrN3O3/c1-12-6-2-4-8-14(12)25-17(27)11-10-16-18(13-7-3-5-9-15(13)24-16)19-20(23)22(29)26-21(19)28/h2-9,24H,10-11H2,1H3,(H,25,27)(H,26,28,29). The highest BCUT2D eigenvalue weighted by Gasteiger charge is 2.32. The van der Waals surface area contributed by atoms with Crippen LogP contribution in [-0.4, -0.2) is 22.7 Å². The minimum Gasteiger partial charge on any atom is -0.358 e. The first-order valence-corrected chi connectivity index (χ1v) is 9.96. The summed E-state index contributed by atoms with van der Waals surface area (Å²) in [6, 6.07) is 15.1. The van der Waals surface area contributed by atoms with Gasteiger partial charge in [-0.25, -0.2) is 0 Å². The molecule has 3 amide bonds. The fourth-order valence-electron chi connectivity index (χ4n) is 3.49. The smallest absolute Gasteiger partial charge is 0.265 e. The van der Waals surface area contributed by atoms with Crippen molar-refractivity contribution in [3.05, 3.63) is 69.8 Å². The Labute approximate surface area is 175 Å². The molecule has 3 aromatic rings. The summed E-state index contributed by atoms with van der Waals surface area (Å²) < 4.78 is 0.206. The number of aromatic nitrogens is 1. The average Bonchev–Trinajstić information content (AvgIpc) is 3.18. The van der Waals surface area contributed by atoms with Gasteiger partial charge >= 0.3 is 0 Å². The Morgan fingerprint density at radius 1 is 1.03 bits per heavy atom. The fourth-order valence-corrected chi connectivity index (χ4v) is 3.97. The number of anilines is 1. The molecule has 2 heterocycles. The van der Waals surface area contributed by atoms with E-state index in [0.717, 1.165) is 27.8 Å². The minimum absolute atomic E-state index is 0.121. The molecule has 0 radical (unpaired) electrons. The third-order valence-corrected chi connectivity index (χ3v) is 5.68. The van der Waals surface area contributed by atoms with Gasteiger partial charge in [0.2, 0.25) is 5.91 Å². The van der Waals surface area contributed by atoms with E-state index < -0.39 is 11.8 Å². The van der Waals surface area contributed by atoms with E-state index in [1.807, 2.05) is 55.5 Å². The highest BCUT2D eigenvalue weighted by atomic mass is 79.9. The molecule has 146 valence electrons. The van der Waals surface area contributed by atoms with Gasteiger partial charge in [-0.1, -0.05) is 36.4 Å². The molecule has 0 unspecified atom stereocenters. The van der Waals surface area contributed by atoms with E-state index in [2.05, 4.69) is 31.5 Å². The van der Waals surface area contributed by atoms with Gasteiger partial charge in [-0.15, -0.1) is 0 Å². The van der Waals surface area contributed by atoms with Crippen LogP contribution in [0.15, 0.2) is 53.0 Å². The maximum absolute atomic E-state index is 12.5. The molecule has 0 fully saturated rings. The number of H-pyrrole nitrogens is 1. The van der Waals surface area contributed by atoms with E-state index in [1.54, 1.807) is 0 Å². The molecule has 0 bridgehead atoms. The number of para-hydroxylation sites is 2. The van der Waals surface area contributed by atoms with E-state index in [9.17, 15) is 14.4 Å². The molecule has 3 N–H and O–H groups in total. The van der Waals surface area contributed by atoms with Crippen LogP contribution in [0.4, 0.5) is 5.69 Å². The van der Waals surface area contributed by atoms with Gasteiger partial charge in [-0.2, -0.15) is 0 Å². The molecule has 1 aromatic heterocycles. The molecular weight excluding hydrogens is 434 g/mol. The summed E-state index contributed by atoms with van der Waals surface area (Å²) >= 11 is 3.24. The highest BCUT2D eigenvalue weighted by Crippen LogP contribution is 2.35. The average molecular weight is 452 g/mol. The number of amides is 3. The van der Waals surface area contributed by atoms with Crippen LogP contribution < -0.4 is 10.6 Å². The Hall–Kier alpha value is -3.19. The number of aryl methyl sites for hydroxylation is 2. The molecule has 0 saturated carbocycles. The lowest BCUT2D eigenvalue weighted by molar-refractivity contribution is -0.123. The van der Waals surface area contributed by atoms with Crippen molar-refractivity contribution in [1.29, 1.82) is 0 Å². The molecule has 0 saturated heterocycles. The van der Waals surface area contributed by atoms with Crippen LogP contribution >= 0.6 is 15.9 Å². The molecule has 1 aliphatic heterocycles. The number of benzene rings is 2. The first kappa shape index (κ1) is 19.1. The van der Waals surface area contributed by atoms with Crippen molar-refractivity contribution >= 4 is 55.8 Å². The maximum Gasteiger partial charge on any atom is 0.265 e. The number of rotatable bonds is 5. The summed E-state index contributed by atoms with van der Waals surface area (Å²) in [6.45, 7) is 1.94. The zero-order valence-corrected chi connectivity index (χ0v) is 17.2. The Morgan fingerprint density at radius 3 is 2.48 bits per heavy atom. The zero-order chi connectivity index (χ0) is 20.5. The number of aromatic amines is 1. The topological polar surface area (TPSA) is 91.1 Å². The fraction of sp³-hybridized carbons (Fsp3) is 0.136. The van der Waals surface area contributed by atoms with Gasteiger partial charge in [0.1, 0.15) is 0 Å². The lowest BCUT2D eigenvalue weighted by atomic mass is 10.00. The van der Waals surface area contributed by atoms with Gasteiger partial charge in [0, 0.05) is 34.3 Å². The van der Waals surface area contributed by atoms with Crippen LogP contribution in [0, 0.1) is 6.92 Å². The summed E-state index contributed by atoms with van der Waals surface area (Å²) in [5.41, 5.74) is 4.30. The van der Waals surface area contributed by atoms with Gasteiger partial charge in [-0.3, -0.25) is 19.7 Å². The summed E-state index contributed by atoms with van der Waals surface area (Å²) in [5, 5.41) is 6.06. The summed E-state index contributed by atoms with van der Waals surface area (Å²) in [5.74, 6) is -1.03. The summed E-state index contributed by atoms with van der Waals surface area (Å²) in [4.78, 5) is 40.1. The van der Waals surface area contributed by atoms with Gasteiger partial charge in [0.25, 0.3) is 11.8 Å². The molecule has 6 nitrogen and oxygen atoms in total. The second kappa shape index (κ2) is 7.67. The first-order chi connectivity index (χ1) is 14.0. The number of fused-ring (bicyclic) bond motifs is 1. The molecule has 0 spiro atoms. The van der Waals surface area contributed by atoms with Crippen LogP contribution in [0.2, 0.25) is 0 Å². The third-order valence-electron chi connectivity index (χ3n) is 4.93. The second-order valence-electron chi connectivity index (χ2n) is 6.86. The molecule has 4 rings (SSSR count). The van der Waals surface area contributed by atoms with Gasteiger partial charge in [0.15, 0.2) is 0 Å². The van der Waals surface area contributed by atoms with E-state index >= 15 is 0 Å². The van der Waals surface area contributed by atoms with Gasteiger partial charge in [-0.05, 0) is 47.0 Å². The minimum atomic E-state index is -0.460. The van der Waals surface area contributed by atoms with Crippen molar-refractivity contribution in [2.45, 2.75) is 19.8 Å². The number of nitrogens with one attached hydrogen (secondary N) is 3. The first-order valence-electron chi connectivity index (χ1n) is 9.16. The number of imide groups is 1. The van der Waals surface area contributed by atoms with Crippen LogP contribution in [0.25, 0.3) is 16.5 Å². The van der Waals surface area contributed by atoms with Gasteiger partial charge in [0.05, 0.1) is 10.1 Å². The normalized spacial score (nSPS) is 13.9. The SMILES string of the molecule is Cc1ccccc1NC(=O)CCc1[nH]c2ccccc2c1C1=C(Br)C(=O)NC1=O. The van der Waals surface area contributed by atoms with Crippen LogP contribution in [0.1, 0.15) is 23.2 Å². The highest BCUT2D eigenvalue weighted by molar-refractivity contribution is 9.12. The number of hydrogen-bond acceptors (Lipinski definition) is 3. The monoisotopic (exact) mass is 451 g/mol. The van der Waals surface area contributed by atoms with E-state index in [0.29, 0.717) is 17.6 Å². The molecule has 2 aromatic carbocycles. The molecule has 0 aliphatic carbocycles. The number of hydrogen-bond donors (Lipinski definition) is 3. The van der Waals surface area contributed by atoms with E-state index in [1.165, 1.54) is 0 Å². The largest absolute Gasteiger partial charge is 0.358 e. The lowest BCUT2D eigenvalue weighted by Crippen LogP contribution is -2.22. The third kappa shape index (κ3) is 3.61. The zero-order valence-electron chi connectivity index (χ0n) is 15.6. The van der Waals surface area contributed by atoms with Crippen LogP contribution in [-0.2, 0) is 20.8 Å². The number of carbonyl (C=O) groups excluding carboxylic acids is 3. The quantitative estimate of drug-likeness (QED) is 0.515. The van der Waals surface area contributed by atoms with Crippen LogP contribution in [0.3, 0.4) is 0 Å². The number of halogens is 1. The molecule has 0 atom stereocenters. The van der Waals surface area contributed by atoms with Gasteiger partial charge < -0.3 is 10.3 Å². The Balaban J connectivity index is 1.64. The van der Waals surface area contributed by atoms with E-state index in [-0.39, 0.29) is 16.8 Å². The molecule has 29 heavy (non-hydrogen) atoms. The summed E-state index contributed by atoms with van der Waals surface area (Å²) in [6.07, 6.45) is 0.627. The predicted molar refractivity (Wildman–Crippen MR) is 115 cm³/mol. The molecule has 1 aliphatic rings. The Kier molecular flexibility index (Phi) is 5.07. The molecule has 7 heteroatoms. The predicted octanol–water partition coefficient (Wildman–Crippen LogP) is 3.81.